The van der Waals surface area contributed by atoms with Gasteiger partial charge in [0.15, 0.2) is 0 Å². The lowest BCUT2D eigenvalue weighted by molar-refractivity contribution is -0.124. The van der Waals surface area contributed by atoms with E-state index in [2.05, 4.69) is 5.32 Å². The lowest BCUT2D eigenvalue weighted by Gasteiger charge is -2.17. The number of hydrogen-bond acceptors (Lipinski definition) is 3. The Hall–Kier alpha value is -1.39. The van der Waals surface area contributed by atoms with E-state index in [4.69, 9.17) is 10.5 Å². The van der Waals surface area contributed by atoms with Crippen molar-refractivity contribution in [3.05, 3.63) is 35.9 Å². The van der Waals surface area contributed by atoms with Crippen LogP contribution in [0.1, 0.15) is 25.3 Å². The first-order valence-corrected chi connectivity index (χ1v) is 6.32. The zero-order chi connectivity index (χ0) is 13.0. The molecule has 1 saturated carbocycles. The van der Waals surface area contributed by atoms with Crippen LogP contribution in [0.5, 0.6) is 0 Å². The van der Waals surface area contributed by atoms with Crippen LogP contribution in [0.4, 0.5) is 0 Å². The molecule has 4 heteroatoms. The monoisotopic (exact) mass is 248 g/mol. The Morgan fingerprint density at radius 2 is 2.11 bits per heavy atom. The number of carbonyl (C=O) groups is 1. The van der Waals surface area contributed by atoms with Gasteiger partial charge < -0.3 is 15.8 Å². The summed E-state index contributed by atoms with van der Waals surface area (Å²) in [6, 6.07) is 9.96. The number of benzene rings is 1. The summed E-state index contributed by atoms with van der Waals surface area (Å²) in [6.45, 7) is 2.99. The standard InChI is InChI=1S/C14H20N2O2/c1-11(16-13(17)14(15)7-8-14)9-18-10-12-5-3-2-4-6-12/h2-6,11H,7-10,15H2,1H3,(H,16,17). The van der Waals surface area contributed by atoms with Gasteiger partial charge in [0.25, 0.3) is 0 Å². The fourth-order valence-corrected chi connectivity index (χ4v) is 1.70. The first-order valence-electron chi connectivity index (χ1n) is 6.32. The van der Waals surface area contributed by atoms with Crippen molar-refractivity contribution in [1.82, 2.24) is 5.32 Å². The molecule has 1 unspecified atom stereocenters. The lowest BCUT2D eigenvalue weighted by atomic mass is 10.2. The molecule has 0 heterocycles. The van der Waals surface area contributed by atoms with Crippen LogP contribution in [0.25, 0.3) is 0 Å². The van der Waals surface area contributed by atoms with Crippen molar-refractivity contribution in [3.63, 3.8) is 0 Å². The van der Waals surface area contributed by atoms with Crippen molar-refractivity contribution in [1.29, 1.82) is 0 Å². The zero-order valence-electron chi connectivity index (χ0n) is 10.7. The van der Waals surface area contributed by atoms with Crippen molar-refractivity contribution < 1.29 is 9.53 Å². The molecule has 1 fully saturated rings. The smallest absolute Gasteiger partial charge is 0.240 e. The van der Waals surface area contributed by atoms with E-state index < -0.39 is 5.54 Å². The minimum atomic E-state index is -0.603. The Labute approximate surface area is 108 Å². The summed E-state index contributed by atoms with van der Waals surface area (Å²) in [4.78, 5) is 11.7. The van der Waals surface area contributed by atoms with Crippen molar-refractivity contribution >= 4 is 5.91 Å². The van der Waals surface area contributed by atoms with Crippen LogP contribution < -0.4 is 11.1 Å². The van der Waals surface area contributed by atoms with Crippen LogP contribution in [0, 0.1) is 0 Å². The van der Waals surface area contributed by atoms with Gasteiger partial charge in [0.2, 0.25) is 5.91 Å². The third-order valence-corrected chi connectivity index (χ3v) is 3.10. The Morgan fingerprint density at radius 3 is 2.72 bits per heavy atom. The highest BCUT2D eigenvalue weighted by molar-refractivity contribution is 5.89. The maximum absolute atomic E-state index is 11.7. The molecular formula is C14H20N2O2. The molecule has 1 amide bonds. The van der Waals surface area contributed by atoms with Gasteiger partial charge in [-0.2, -0.15) is 0 Å². The number of ether oxygens (including phenoxy) is 1. The van der Waals surface area contributed by atoms with E-state index in [-0.39, 0.29) is 11.9 Å². The average Bonchev–Trinajstić information content (AvgIpc) is 3.10. The second-order valence-electron chi connectivity index (χ2n) is 5.03. The molecule has 1 aliphatic carbocycles. The topological polar surface area (TPSA) is 64.3 Å². The third-order valence-electron chi connectivity index (χ3n) is 3.10. The van der Waals surface area contributed by atoms with E-state index >= 15 is 0 Å². The summed E-state index contributed by atoms with van der Waals surface area (Å²) in [5.41, 5.74) is 6.33. The molecule has 0 spiro atoms. The van der Waals surface area contributed by atoms with Gasteiger partial charge in [-0.15, -0.1) is 0 Å². The van der Waals surface area contributed by atoms with E-state index in [0.717, 1.165) is 18.4 Å². The normalized spacial score (nSPS) is 18.1. The number of hydrogen-bond donors (Lipinski definition) is 2. The lowest BCUT2D eigenvalue weighted by Crippen LogP contribution is -2.47. The Bertz CT molecular complexity index is 402. The molecule has 1 atom stereocenters. The Balaban J connectivity index is 1.66. The molecular weight excluding hydrogens is 228 g/mol. The fraction of sp³-hybridized carbons (Fsp3) is 0.500. The van der Waals surface area contributed by atoms with E-state index in [9.17, 15) is 4.79 Å². The molecule has 2 rings (SSSR count). The van der Waals surface area contributed by atoms with Gasteiger partial charge in [0, 0.05) is 6.04 Å². The maximum atomic E-state index is 11.7. The summed E-state index contributed by atoms with van der Waals surface area (Å²) in [5, 5.41) is 2.88. The number of nitrogens with one attached hydrogen (secondary N) is 1. The summed E-state index contributed by atoms with van der Waals surface area (Å²) in [5.74, 6) is -0.0571. The van der Waals surface area contributed by atoms with Gasteiger partial charge in [-0.25, -0.2) is 0 Å². The second-order valence-corrected chi connectivity index (χ2v) is 5.03. The molecule has 4 nitrogen and oxygen atoms in total. The Morgan fingerprint density at radius 1 is 1.44 bits per heavy atom. The highest BCUT2D eigenvalue weighted by Gasteiger charge is 2.46. The molecule has 0 aromatic heterocycles. The Kier molecular flexibility index (Phi) is 3.99. The number of nitrogens with two attached hydrogens (primary N) is 1. The van der Waals surface area contributed by atoms with Gasteiger partial charge in [-0.05, 0) is 25.3 Å². The van der Waals surface area contributed by atoms with Crippen LogP contribution in [-0.4, -0.2) is 24.1 Å². The highest BCUT2D eigenvalue weighted by Crippen LogP contribution is 2.32. The number of carbonyl (C=O) groups excluding carboxylic acids is 1. The van der Waals surface area contributed by atoms with Crippen LogP contribution in [-0.2, 0) is 16.1 Å². The first kappa shape index (κ1) is 13.1. The van der Waals surface area contributed by atoms with Gasteiger partial charge in [0.1, 0.15) is 0 Å². The molecule has 18 heavy (non-hydrogen) atoms. The molecule has 1 aromatic carbocycles. The van der Waals surface area contributed by atoms with Gasteiger partial charge in [-0.1, -0.05) is 30.3 Å². The minimum absolute atomic E-state index is 0.0118. The summed E-state index contributed by atoms with van der Waals surface area (Å²) >= 11 is 0. The zero-order valence-corrected chi connectivity index (χ0v) is 10.7. The van der Waals surface area contributed by atoms with Crippen molar-refractivity contribution in [2.24, 2.45) is 5.73 Å². The molecule has 0 bridgehead atoms. The van der Waals surface area contributed by atoms with Crippen LogP contribution >= 0.6 is 0 Å². The second kappa shape index (κ2) is 5.50. The molecule has 3 N–H and O–H groups in total. The number of rotatable bonds is 6. The van der Waals surface area contributed by atoms with E-state index in [1.807, 2.05) is 37.3 Å². The molecule has 0 radical (unpaired) electrons. The average molecular weight is 248 g/mol. The third kappa shape index (κ3) is 3.55. The van der Waals surface area contributed by atoms with Crippen molar-refractivity contribution in [2.45, 2.75) is 38.0 Å². The van der Waals surface area contributed by atoms with Gasteiger partial charge in [0.05, 0.1) is 18.8 Å². The fourth-order valence-electron chi connectivity index (χ4n) is 1.70. The first-order chi connectivity index (χ1) is 8.60. The van der Waals surface area contributed by atoms with E-state index in [1.165, 1.54) is 0 Å². The van der Waals surface area contributed by atoms with E-state index in [1.54, 1.807) is 0 Å². The molecule has 0 saturated heterocycles. The molecule has 0 aliphatic heterocycles. The van der Waals surface area contributed by atoms with Gasteiger partial charge >= 0.3 is 0 Å². The summed E-state index contributed by atoms with van der Waals surface area (Å²) in [6.07, 6.45) is 1.58. The highest BCUT2D eigenvalue weighted by atomic mass is 16.5. The molecule has 1 aromatic rings. The summed E-state index contributed by atoms with van der Waals surface area (Å²) in [7, 11) is 0. The summed E-state index contributed by atoms with van der Waals surface area (Å²) < 4.78 is 5.56. The molecule has 98 valence electrons. The van der Waals surface area contributed by atoms with Crippen LogP contribution in [0.3, 0.4) is 0 Å². The van der Waals surface area contributed by atoms with E-state index in [0.29, 0.717) is 13.2 Å². The van der Waals surface area contributed by atoms with Crippen molar-refractivity contribution in [2.75, 3.05) is 6.61 Å². The quantitative estimate of drug-likeness (QED) is 0.795. The van der Waals surface area contributed by atoms with Crippen molar-refractivity contribution in [3.8, 4) is 0 Å². The molecule has 1 aliphatic rings. The number of amides is 1. The van der Waals surface area contributed by atoms with Crippen LogP contribution in [0.2, 0.25) is 0 Å². The minimum Gasteiger partial charge on any atom is -0.375 e. The maximum Gasteiger partial charge on any atom is 0.240 e. The predicted octanol–water partition coefficient (Wildman–Crippen LogP) is 1.20. The predicted molar refractivity (Wildman–Crippen MR) is 69.9 cm³/mol. The van der Waals surface area contributed by atoms with Gasteiger partial charge in [-0.3, -0.25) is 4.79 Å². The largest absolute Gasteiger partial charge is 0.375 e. The SMILES string of the molecule is CC(COCc1ccccc1)NC(=O)C1(N)CC1. The van der Waals surface area contributed by atoms with Crippen LogP contribution in [0.15, 0.2) is 30.3 Å².